The summed E-state index contributed by atoms with van der Waals surface area (Å²) in [7, 11) is 0. The highest BCUT2D eigenvalue weighted by atomic mass is 35.5. The van der Waals surface area contributed by atoms with E-state index in [-0.39, 0.29) is 19.1 Å². The molecule has 0 radical (unpaired) electrons. The minimum atomic E-state index is -0.218. The third-order valence-electron chi connectivity index (χ3n) is 3.07. The predicted octanol–water partition coefficient (Wildman–Crippen LogP) is 3.29. The molecule has 0 saturated heterocycles. The van der Waals surface area contributed by atoms with Crippen molar-refractivity contribution in [3.8, 4) is 5.75 Å². The molecule has 0 aromatic heterocycles. The highest BCUT2D eigenvalue weighted by Crippen LogP contribution is 2.27. The first-order valence-corrected chi connectivity index (χ1v) is 7.77. The van der Waals surface area contributed by atoms with E-state index in [4.69, 9.17) is 33.0 Å². The van der Waals surface area contributed by atoms with Gasteiger partial charge in [0.2, 0.25) is 0 Å². The number of carbonyl (C=O) groups is 1. The van der Waals surface area contributed by atoms with Gasteiger partial charge in [-0.05, 0) is 30.9 Å². The van der Waals surface area contributed by atoms with Crippen LogP contribution in [-0.4, -0.2) is 30.8 Å². The highest BCUT2D eigenvalue weighted by Gasteiger charge is 2.10. The number of hydrogen-bond donors (Lipinski definition) is 2. The summed E-state index contributed by atoms with van der Waals surface area (Å²) in [6.45, 7) is 2.64. The van der Waals surface area contributed by atoms with Crippen LogP contribution < -0.4 is 10.1 Å². The van der Waals surface area contributed by atoms with E-state index in [0.29, 0.717) is 34.7 Å². The fourth-order valence-electron chi connectivity index (χ4n) is 1.98. The van der Waals surface area contributed by atoms with E-state index in [1.54, 1.807) is 18.2 Å². The van der Waals surface area contributed by atoms with Crippen LogP contribution in [0, 0.1) is 5.92 Å². The van der Waals surface area contributed by atoms with Gasteiger partial charge in [-0.25, -0.2) is 0 Å². The molecule has 1 unspecified atom stereocenters. The molecular weight excluding hydrogens is 313 g/mol. The van der Waals surface area contributed by atoms with E-state index in [9.17, 15) is 4.79 Å². The van der Waals surface area contributed by atoms with Crippen LogP contribution in [-0.2, 0) is 4.79 Å². The number of halogens is 2. The first-order valence-electron chi connectivity index (χ1n) is 7.02. The van der Waals surface area contributed by atoms with Gasteiger partial charge < -0.3 is 15.2 Å². The molecule has 21 heavy (non-hydrogen) atoms. The Morgan fingerprint density at radius 3 is 2.81 bits per heavy atom. The molecule has 1 aromatic rings. The van der Waals surface area contributed by atoms with Gasteiger partial charge in [0.15, 0.2) is 6.61 Å². The van der Waals surface area contributed by atoms with Crippen molar-refractivity contribution < 1.29 is 14.6 Å². The third kappa shape index (κ3) is 7.02. The van der Waals surface area contributed by atoms with Crippen LogP contribution in [0.2, 0.25) is 10.0 Å². The number of benzene rings is 1. The fourth-order valence-corrected chi connectivity index (χ4v) is 2.31. The molecular formula is C15H21Cl2NO3. The summed E-state index contributed by atoms with van der Waals surface area (Å²) in [5.74, 6) is 0.462. The Morgan fingerprint density at radius 1 is 1.38 bits per heavy atom. The lowest BCUT2D eigenvalue weighted by atomic mass is 10.0. The smallest absolute Gasteiger partial charge is 0.257 e. The van der Waals surface area contributed by atoms with Gasteiger partial charge in [0, 0.05) is 24.2 Å². The zero-order chi connectivity index (χ0) is 15.7. The molecule has 1 amide bonds. The molecule has 0 aliphatic heterocycles. The molecule has 118 valence electrons. The van der Waals surface area contributed by atoms with Crippen LogP contribution in [0.25, 0.3) is 0 Å². The SMILES string of the molecule is CCCC(CCO)CNC(=O)COc1cc(Cl)ccc1Cl. The van der Waals surface area contributed by atoms with Crippen LogP contribution in [0.3, 0.4) is 0 Å². The topological polar surface area (TPSA) is 58.6 Å². The quantitative estimate of drug-likeness (QED) is 0.729. The van der Waals surface area contributed by atoms with Gasteiger partial charge >= 0.3 is 0 Å². The van der Waals surface area contributed by atoms with E-state index in [0.717, 1.165) is 12.8 Å². The van der Waals surface area contributed by atoms with Crippen LogP contribution in [0.5, 0.6) is 5.75 Å². The normalized spacial score (nSPS) is 12.0. The van der Waals surface area contributed by atoms with Gasteiger partial charge in [-0.1, -0.05) is 36.5 Å². The summed E-state index contributed by atoms with van der Waals surface area (Å²) in [4.78, 5) is 11.8. The number of amides is 1. The van der Waals surface area contributed by atoms with E-state index < -0.39 is 0 Å². The molecule has 0 aliphatic rings. The third-order valence-corrected chi connectivity index (χ3v) is 3.62. The number of aliphatic hydroxyl groups is 1. The number of aliphatic hydroxyl groups excluding tert-OH is 1. The van der Waals surface area contributed by atoms with Crippen molar-refractivity contribution in [3.63, 3.8) is 0 Å². The lowest BCUT2D eigenvalue weighted by Crippen LogP contribution is -2.33. The lowest BCUT2D eigenvalue weighted by Gasteiger charge is -2.16. The summed E-state index contributed by atoms with van der Waals surface area (Å²) in [5, 5.41) is 12.7. The van der Waals surface area contributed by atoms with Gasteiger partial charge in [-0.15, -0.1) is 0 Å². The van der Waals surface area contributed by atoms with E-state index in [1.807, 2.05) is 0 Å². The molecule has 2 N–H and O–H groups in total. The Hall–Kier alpha value is -0.970. The lowest BCUT2D eigenvalue weighted by molar-refractivity contribution is -0.123. The van der Waals surface area contributed by atoms with Gasteiger partial charge in [-0.2, -0.15) is 0 Å². The Balaban J connectivity index is 2.38. The molecule has 0 aliphatic carbocycles. The van der Waals surface area contributed by atoms with Gasteiger partial charge in [0.25, 0.3) is 5.91 Å². The molecule has 0 saturated carbocycles. The summed E-state index contributed by atoms with van der Waals surface area (Å²) in [6, 6.07) is 4.85. The van der Waals surface area contributed by atoms with Crippen molar-refractivity contribution >= 4 is 29.1 Å². The number of nitrogens with one attached hydrogen (secondary N) is 1. The van der Waals surface area contributed by atoms with Crippen LogP contribution in [0.4, 0.5) is 0 Å². The average molecular weight is 334 g/mol. The molecule has 1 atom stereocenters. The molecule has 0 bridgehead atoms. The second-order valence-electron chi connectivity index (χ2n) is 4.83. The number of rotatable bonds is 9. The predicted molar refractivity (Wildman–Crippen MR) is 85.1 cm³/mol. The van der Waals surface area contributed by atoms with Gasteiger partial charge in [0.05, 0.1) is 5.02 Å². The maximum absolute atomic E-state index is 11.8. The molecule has 6 heteroatoms. The number of ether oxygens (including phenoxy) is 1. The Morgan fingerprint density at radius 2 is 2.14 bits per heavy atom. The largest absolute Gasteiger partial charge is 0.482 e. The number of hydrogen-bond acceptors (Lipinski definition) is 3. The maximum Gasteiger partial charge on any atom is 0.257 e. The first-order chi connectivity index (χ1) is 10.1. The molecule has 0 spiro atoms. The second-order valence-corrected chi connectivity index (χ2v) is 5.68. The van der Waals surface area contributed by atoms with Crippen molar-refractivity contribution in [1.29, 1.82) is 0 Å². The Kier molecular flexibility index (Phi) is 8.50. The van der Waals surface area contributed by atoms with E-state index in [1.165, 1.54) is 0 Å². The van der Waals surface area contributed by atoms with Crippen LogP contribution in [0.1, 0.15) is 26.2 Å². The molecule has 1 rings (SSSR count). The molecule has 0 fully saturated rings. The zero-order valence-electron chi connectivity index (χ0n) is 12.1. The second kappa shape index (κ2) is 9.87. The first kappa shape index (κ1) is 18.1. The zero-order valence-corrected chi connectivity index (χ0v) is 13.6. The van der Waals surface area contributed by atoms with E-state index >= 15 is 0 Å². The van der Waals surface area contributed by atoms with Crippen molar-refractivity contribution in [2.45, 2.75) is 26.2 Å². The molecule has 0 heterocycles. The minimum absolute atomic E-state index is 0.113. The Labute approximate surface area is 135 Å². The standard InChI is InChI=1S/C15H21Cl2NO3/c1-2-3-11(6-7-19)9-18-15(20)10-21-14-8-12(16)4-5-13(14)17/h4-5,8,11,19H,2-3,6-7,9-10H2,1H3,(H,18,20). The van der Waals surface area contributed by atoms with Crippen LogP contribution >= 0.6 is 23.2 Å². The minimum Gasteiger partial charge on any atom is -0.482 e. The van der Waals surface area contributed by atoms with Crippen molar-refractivity contribution in [2.75, 3.05) is 19.8 Å². The van der Waals surface area contributed by atoms with Crippen LogP contribution in [0.15, 0.2) is 18.2 Å². The van der Waals surface area contributed by atoms with Crippen molar-refractivity contribution in [2.24, 2.45) is 5.92 Å². The fraction of sp³-hybridized carbons (Fsp3) is 0.533. The highest BCUT2D eigenvalue weighted by molar-refractivity contribution is 6.34. The molecule has 1 aromatic carbocycles. The summed E-state index contributed by atoms with van der Waals surface area (Å²) >= 11 is 11.8. The van der Waals surface area contributed by atoms with Gasteiger partial charge in [-0.3, -0.25) is 4.79 Å². The summed E-state index contributed by atoms with van der Waals surface area (Å²) < 4.78 is 5.35. The summed E-state index contributed by atoms with van der Waals surface area (Å²) in [5.41, 5.74) is 0. The number of carbonyl (C=O) groups excluding carboxylic acids is 1. The van der Waals surface area contributed by atoms with Crippen molar-refractivity contribution in [3.05, 3.63) is 28.2 Å². The molecule has 4 nitrogen and oxygen atoms in total. The Bertz CT molecular complexity index is 449. The van der Waals surface area contributed by atoms with Crippen molar-refractivity contribution in [1.82, 2.24) is 5.32 Å². The van der Waals surface area contributed by atoms with E-state index in [2.05, 4.69) is 12.2 Å². The monoisotopic (exact) mass is 333 g/mol. The maximum atomic E-state index is 11.8. The van der Waals surface area contributed by atoms with Gasteiger partial charge in [0.1, 0.15) is 5.75 Å². The average Bonchev–Trinajstić information content (AvgIpc) is 2.46. The summed E-state index contributed by atoms with van der Waals surface area (Å²) in [6.07, 6.45) is 2.69.